The van der Waals surface area contributed by atoms with Gasteiger partial charge in [0.25, 0.3) is 0 Å². The molecule has 0 radical (unpaired) electrons. The van der Waals surface area contributed by atoms with Crippen LogP contribution < -0.4 is 0 Å². The lowest BCUT2D eigenvalue weighted by Gasteiger charge is -2.25. The molecule has 0 amide bonds. The number of hydrogen-bond acceptors (Lipinski definition) is 1. The summed E-state index contributed by atoms with van der Waals surface area (Å²) in [4.78, 5) is 0. The van der Waals surface area contributed by atoms with Crippen LogP contribution in [0.5, 0.6) is 0 Å². The van der Waals surface area contributed by atoms with Crippen LogP contribution >= 0.6 is 0 Å². The van der Waals surface area contributed by atoms with Crippen LogP contribution in [0.1, 0.15) is 0 Å². The molecule has 0 atom stereocenters. The van der Waals surface area contributed by atoms with Crippen LogP contribution in [0, 0.1) is 0 Å². The largest absolute Gasteiger partial charge is 0.494 e. The van der Waals surface area contributed by atoms with Crippen molar-refractivity contribution in [1.82, 2.24) is 0 Å². The zero-order valence-electron chi connectivity index (χ0n) is 7.81. The minimum absolute atomic E-state index is 0.173. The highest BCUT2D eigenvalue weighted by Crippen LogP contribution is 2.62. The lowest BCUT2D eigenvalue weighted by molar-refractivity contribution is -0.278. The Balaban J connectivity index is 3.61. The molecule has 0 aromatic rings. The van der Waals surface area contributed by atoms with Gasteiger partial charge in [-0.1, -0.05) is 0 Å². The van der Waals surface area contributed by atoms with Crippen LogP contribution in [0.4, 0.5) is 39.5 Å². The van der Waals surface area contributed by atoms with Gasteiger partial charge in [0.15, 0.2) is 11.3 Å². The van der Waals surface area contributed by atoms with E-state index in [1.54, 1.807) is 0 Å². The first-order valence-electron chi connectivity index (χ1n) is 3.81. The van der Waals surface area contributed by atoms with Crippen molar-refractivity contribution in [2.75, 3.05) is 7.11 Å². The third kappa shape index (κ3) is 1.48. The van der Waals surface area contributed by atoms with Crippen LogP contribution in [-0.4, -0.2) is 31.1 Å². The summed E-state index contributed by atoms with van der Waals surface area (Å²) in [5, 5.41) is 0. The Morgan fingerprint density at radius 3 is 1.53 bits per heavy atom. The van der Waals surface area contributed by atoms with E-state index >= 15 is 0 Å². The first-order valence-corrected chi connectivity index (χ1v) is 3.81. The molecule has 1 rings (SSSR count). The fourth-order valence-electron chi connectivity index (χ4n) is 1.33. The van der Waals surface area contributed by atoms with E-state index < -0.39 is 35.3 Å². The van der Waals surface area contributed by atoms with Gasteiger partial charge < -0.3 is 4.74 Å². The SMILES string of the molecule is COC1=C(C(F)(F)F)C(F)(F)C(F)(F)C1(F)F. The maximum absolute atomic E-state index is 12.8. The molecule has 17 heavy (non-hydrogen) atoms. The van der Waals surface area contributed by atoms with Gasteiger partial charge >= 0.3 is 23.9 Å². The Kier molecular flexibility index (Phi) is 2.65. The van der Waals surface area contributed by atoms with E-state index in [1.165, 1.54) is 0 Å². The van der Waals surface area contributed by atoms with E-state index in [0.29, 0.717) is 0 Å². The molecule has 0 aromatic carbocycles. The summed E-state index contributed by atoms with van der Waals surface area (Å²) < 4.78 is 116. The quantitative estimate of drug-likeness (QED) is 0.666. The summed E-state index contributed by atoms with van der Waals surface area (Å²) in [6.07, 6.45) is -6.06. The molecular formula is C7H3F9O. The molecule has 1 aliphatic rings. The van der Waals surface area contributed by atoms with Crippen LogP contribution in [0.3, 0.4) is 0 Å². The first kappa shape index (κ1) is 14.0. The molecule has 0 heterocycles. The molecule has 1 nitrogen and oxygen atoms in total. The first-order chi connectivity index (χ1) is 7.31. The van der Waals surface area contributed by atoms with E-state index in [-0.39, 0.29) is 7.11 Å². The molecule has 0 spiro atoms. The second-order valence-corrected chi connectivity index (χ2v) is 3.13. The molecular weight excluding hydrogens is 271 g/mol. The highest BCUT2D eigenvalue weighted by atomic mass is 19.4. The molecule has 0 aliphatic heterocycles. The molecule has 0 fully saturated rings. The van der Waals surface area contributed by atoms with Crippen molar-refractivity contribution in [3.8, 4) is 0 Å². The number of methoxy groups -OCH3 is 1. The van der Waals surface area contributed by atoms with Crippen molar-refractivity contribution in [3.63, 3.8) is 0 Å². The predicted octanol–water partition coefficient (Wildman–Crippen LogP) is 3.37. The smallest absolute Gasteiger partial charge is 0.422 e. The van der Waals surface area contributed by atoms with Gasteiger partial charge in [0.1, 0.15) is 0 Å². The Hall–Kier alpha value is -1.09. The van der Waals surface area contributed by atoms with E-state index in [2.05, 4.69) is 4.74 Å². The zero-order chi connectivity index (χ0) is 13.9. The average molecular weight is 274 g/mol. The summed E-state index contributed by atoms with van der Waals surface area (Å²) in [6.45, 7) is 0. The Morgan fingerprint density at radius 1 is 0.882 bits per heavy atom. The lowest BCUT2D eigenvalue weighted by atomic mass is 10.1. The Bertz CT molecular complexity index is 364. The topological polar surface area (TPSA) is 9.23 Å². The minimum Gasteiger partial charge on any atom is -0.494 e. The zero-order valence-corrected chi connectivity index (χ0v) is 7.81. The highest BCUT2D eigenvalue weighted by Gasteiger charge is 2.85. The van der Waals surface area contributed by atoms with Gasteiger partial charge in [-0.3, -0.25) is 0 Å². The molecule has 0 aromatic heterocycles. The minimum atomic E-state index is -6.20. The van der Waals surface area contributed by atoms with Gasteiger partial charge in [0, 0.05) is 0 Å². The van der Waals surface area contributed by atoms with Gasteiger partial charge in [0.05, 0.1) is 7.11 Å². The van der Waals surface area contributed by atoms with Crippen molar-refractivity contribution >= 4 is 0 Å². The third-order valence-corrected chi connectivity index (χ3v) is 2.10. The summed E-state index contributed by atoms with van der Waals surface area (Å²) in [5.74, 6) is -20.7. The summed E-state index contributed by atoms with van der Waals surface area (Å²) in [5.41, 5.74) is -3.36. The molecule has 100 valence electrons. The lowest BCUT2D eigenvalue weighted by Crippen LogP contribution is -2.50. The number of halogens is 9. The maximum atomic E-state index is 12.8. The van der Waals surface area contributed by atoms with Crippen LogP contribution in [0.15, 0.2) is 11.3 Å². The van der Waals surface area contributed by atoms with Crippen LogP contribution in [0.25, 0.3) is 0 Å². The Morgan fingerprint density at radius 2 is 1.29 bits per heavy atom. The van der Waals surface area contributed by atoms with E-state index in [9.17, 15) is 39.5 Å². The molecule has 10 heteroatoms. The molecule has 0 saturated heterocycles. The van der Waals surface area contributed by atoms with Gasteiger partial charge in [0.2, 0.25) is 0 Å². The van der Waals surface area contributed by atoms with Gasteiger partial charge in [-0.15, -0.1) is 0 Å². The molecule has 0 saturated carbocycles. The molecule has 0 unspecified atom stereocenters. The Labute approximate surface area is 87.8 Å². The third-order valence-electron chi connectivity index (χ3n) is 2.10. The van der Waals surface area contributed by atoms with E-state index in [1.807, 2.05) is 0 Å². The van der Waals surface area contributed by atoms with Gasteiger partial charge in [-0.25, -0.2) is 0 Å². The average Bonchev–Trinajstić information content (AvgIpc) is 2.19. The highest BCUT2D eigenvalue weighted by molar-refractivity contribution is 5.40. The second-order valence-electron chi connectivity index (χ2n) is 3.13. The molecule has 1 aliphatic carbocycles. The van der Waals surface area contributed by atoms with Crippen molar-refractivity contribution in [2.45, 2.75) is 23.9 Å². The van der Waals surface area contributed by atoms with Gasteiger partial charge in [-0.05, 0) is 0 Å². The number of hydrogen-bond donors (Lipinski definition) is 0. The van der Waals surface area contributed by atoms with E-state index in [4.69, 9.17) is 0 Å². The fourth-order valence-corrected chi connectivity index (χ4v) is 1.33. The standard InChI is InChI=1S/C7H3F9O/c1-17-3-2(6(12,13)14)4(8,9)7(15,16)5(3,10)11/h1H3. The number of ether oxygens (including phenoxy) is 1. The monoisotopic (exact) mass is 274 g/mol. The van der Waals surface area contributed by atoms with Crippen molar-refractivity contribution in [3.05, 3.63) is 11.3 Å². The van der Waals surface area contributed by atoms with Crippen LogP contribution in [-0.2, 0) is 4.74 Å². The number of allylic oxidation sites excluding steroid dienone is 2. The summed E-state index contributed by atoms with van der Waals surface area (Å²) >= 11 is 0. The summed E-state index contributed by atoms with van der Waals surface area (Å²) in [7, 11) is 0.173. The maximum Gasteiger partial charge on any atom is 0.422 e. The van der Waals surface area contributed by atoms with E-state index in [0.717, 1.165) is 0 Å². The van der Waals surface area contributed by atoms with Crippen LogP contribution in [0.2, 0.25) is 0 Å². The number of rotatable bonds is 1. The summed E-state index contributed by atoms with van der Waals surface area (Å²) in [6, 6.07) is 0. The van der Waals surface area contributed by atoms with Crippen molar-refractivity contribution < 1.29 is 44.3 Å². The van der Waals surface area contributed by atoms with Crippen molar-refractivity contribution in [2.24, 2.45) is 0 Å². The van der Waals surface area contributed by atoms with Crippen molar-refractivity contribution in [1.29, 1.82) is 0 Å². The normalized spacial score (nSPS) is 26.2. The predicted molar refractivity (Wildman–Crippen MR) is 34.9 cm³/mol. The second kappa shape index (κ2) is 3.22. The molecule has 0 N–H and O–H groups in total. The van der Waals surface area contributed by atoms with Gasteiger partial charge in [-0.2, -0.15) is 39.5 Å². The fraction of sp³-hybridized carbons (Fsp3) is 0.714. The number of alkyl halides is 9. The molecule has 0 bridgehead atoms.